The normalized spacial score (nSPS) is 12.9. The number of carbonyl (C=O) groups is 2. The summed E-state index contributed by atoms with van der Waals surface area (Å²) in [7, 11) is 0. The number of aliphatic hydroxyl groups excluding tert-OH is 2. The van der Waals surface area contributed by atoms with Crippen LogP contribution < -0.4 is 5.32 Å². The lowest BCUT2D eigenvalue weighted by Gasteiger charge is -2.20. The van der Waals surface area contributed by atoms with Crippen molar-refractivity contribution in [1.29, 1.82) is 0 Å². The van der Waals surface area contributed by atoms with Crippen LogP contribution in [0.4, 0.5) is 0 Å². The third kappa shape index (κ3) is 45.6. The first-order valence-corrected chi connectivity index (χ1v) is 26.3. The number of ether oxygens (including phenoxy) is 1. The molecule has 352 valence electrons. The van der Waals surface area contributed by atoms with Crippen molar-refractivity contribution >= 4 is 11.9 Å². The van der Waals surface area contributed by atoms with E-state index in [1.54, 1.807) is 6.08 Å². The van der Waals surface area contributed by atoms with Gasteiger partial charge in [-0.25, -0.2) is 0 Å². The number of amides is 1. The monoisotopic (exact) mass is 844 g/mol. The molecule has 0 bridgehead atoms. The van der Waals surface area contributed by atoms with Crippen molar-refractivity contribution in [3.05, 3.63) is 36.5 Å². The van der Waals surface area contributed by atoms with Crippen LogP contribution in [0.1, 0.15) is 271 Å². The molecule has 2 atom stereocenters. The van der Waals surface area contributed by atoms with Gasteiger partial charge in [-0.15, -0.1) is 0 Å². The molecule has 0 heterocycles. The first-order chi connectivity index (χ1) is 29.5. The first-order valence-electron chi connectivity index (χ1n) is 26.3. The fraction of sp³-hybridized carbons (Fsp3) is 0.852. The second-order valence-electron chi connectivity index (χ2n) is 17.9. The van der Waals surface area contributed by atoms with Gasteiger partial charge in [0.2, 0.25) is 5.91 Å². The molecule has 0 radical (unpaired) electrons. The molecule has 0 aliphatic rings. The molecule has 3 N–H and O–H groups in total. The Bertz CT molecular complexity index is 977. The van der Waals surface area contributed by atoms with Crippen LogP contribution in [0.5, 0.6) is 0 Å². The molecule has 0 aromatic rings. The Morgan fingerprint density at radius 3 is 1.33 bits per heavy atom. The van der Waals surface area contributed by atoms with Gasteiger partial charge in [0.05, 0.1) is 25.4 Å². The zero-order valence-corrected chi connectivity index (χ0v) is 39.9. The lowest BCUT2D eigenvalue weighted by atomic mass is 10.0. The summed E-state index contributed by atoms with van der Waals surface area (Å²) < 4.78 is 5.46. The molecule has 1 amide bonds. The third-order valence-electron chi connectivity index (χ3n) is 11.9. The number of hydrogen-bond acceptors (Lipinski definition) is 5. The van der Waals surface area contributed by atoms with Crippen LogP contribution in [-0.4, -0.2) is 47.4 Å². The van der Waals surface area contributed by atoms with Gasteiger partial charge >= 0.3 is 5.97 Å². The molecule has 0 spiro atoms. The minimum atomic E-state index is -0.844. The lowest BCUT2D eigenvalue weighted by molar-refractivity contribution is -0.143. The number of aliphatic hydroxyl groups is 2. The fourth-order valence-electron chi connectivity index (χ4n) is 7.85. The Morgan fingerprint density at radius 2 is 0.867 bits per heavy atom. The van der Waals surface area contributed by atoms with E-state index in [4.69, 9.17) is 4.74 Å². The zero-order valence-electron chi connectivity index (χ0n) is 39.9. The van der Waals surface area contributed by atoms with Crippen LogP contribution in [0.3, 0.4) is 0 Å². The fourth-order valence-corrected chi connectivity index (χ4v) is 7.85. The number of esters is 1. The van der Waals surface area contributed by atoms with Crippen molar-refractivity contribution in [2.75, 3.05) is 13.2 Å². The predicted molar refractivity (Wildman–Crippen MR) is 259 cm³/mol. The Labute approximate surface area is 373 Å². The van der Waals surface area contributed by atoms with Crippen LogP contribution in [0, 0.1) is 0 Å². The summed E-state index contributed by atoms with van der Waals surface area (Å²) in [6.45, 7) is 4.80. The molecular formula is C54H101NO5. The van der Waals surface area contributed by atoms with Crippen LogP contribution >= 0.6 is 0 Å². The van der Waals surface area contributed by atoms with Gasteiger partial charge in [0.15, 0.2) is 0 Å². The van der Waals surface area contributed by atoms with E-state index in [1.165, 1.54) is 193 Å². The maximum Gasteiger partial charge on any atom is 0.305 e. The highest BCUT2D eigenvalue weighted by Crippen LogP contribution is 2.16. The molecule has 0 saturated heterocycles. The lowest BCUT2D eigenvalue weighted by Crippen LogP contribution is -2.45. The predicted octanol–water partition coefficient (Wildman–Crippen LogP) is 15.7. The summed E-state index contributed by atoms with van der Waals surface area (Å²) in [6.07, 6.45) is 60.1. The summed E-state index contributed by atoms with van der Waals surface area (Å²) in [5.74, 6) is -0.0788. The standard InChI is InChI=1S/C54H101NO5/c1-3-5-7-9-11-13-15-24-28-32-36-40-44-48-54(59)60-49-45-41-37-33-29-26-23-21-19-17-16-18-20-22-25-27-31-35-39-43-47-53(58)55-51(50-56)52(57)46-42-38-34-30-14-12-10-8-6-4-2/h7,9,13,15,42,46,51-52,56-57H,3-6,8,10-12,14,16-41,43-45,47-50H2,1-2H3,(H,55,58)/b9-7-,15-13-,46-42+. The smallest absolute Gasteiger partial charge is 0.305 e. The Morgan fingerprint density at radius 1 is 0.467 bits per heavy atom. The summed E-state index contributed by atoms with van der Waals surface area (Å²) in [4.78, 5) is 24.4. The van der Waals surface area contributed by atoms with E-state index in [9.17, 15) is 19.8 Å². The number of unbranched alkanes of at least 4 members (excludes halogenated alkanes) is 33. The molecule has 0 saturated carbocycles. The van der Waals surface area contributed by atoms with Crippen molar-refractivity contribution in [2.45, 2.75) is 283 Å². The van der Waals surface area contributed by atoms with Gasteiger partial charge in [0.1, 0.15) is 0 Å². The SMILES string of the molecule is CCC/C=C\C/C=C\CCCCCCCC(=O)OCCCCCCCCCCCCCCCCCCCCCCC(=O)NC(CO)C(O)/C=C/CCCCCCCCCC. The van der Waals surface area contributed by atoms with E-state index in [2.05, 4.69) is 43.5 Å². The maximum atomic E-state index is 12.4. The van der Waals surface area contributed by atoms with Crippen molar-refractivity contribution in [3.8, 4) is 0 Å². The molecule has 0 aliphatic heterocycles. The van der Waals surface area contributed by atoms with Crippen LogP contribution in [0.25, 0.3) is 0 Å². The summed E-state index contributed by atoms with van der Waals surface area (Å²) in [6, 6.07) is -0.627. The van der Waals surface area contributed by atoms with Gasteiger partial charge in [0.25, 0.3) is 0 Å². The van der Waals surface area contributed by atoms with E-state index >= 15 is 0 Å². The molecule has 2 unspecified atom stereocenters. The van der Waals surface area contributed by atoms with Gasteiger partial charge in [-0.1, -0.05) is 237 Å². The molecule has 6 nitrogen and oxygen atoms in total. The number of hydrogen-bond donors (Lipinski definition) is 3. The van der Waals surface area contributed by atoms with Gasteiger partial charge in [-0.3, -0.25) is 9.59 Å². The minimum absolute atomic E-state index is 0.00621. The van der Waals surface area contributed by atoms with Crippen LogP contribution in [-0.2, 0) is 14.3 Å². The van der Waals surface area contributed by atoms with E-state index in [0.29, 0.717) is 19.4 Å². The second kappa shape index (κ2) is 49.7. The van der Waals surface area contributed by atoms with Crippen LogP contribution in [0.15, 0.2) is 36.5 Å². The highest BCUT2D eigenvalue weighted by Gasteiger charge is 2.18. The van der Waals surface area contributed by atoms with Crippen LogP contribution in [0.2, 0.25) is 0 Å². The molecule has 0 rings (SSSR count). The number of carbonyl (C=O) groups excluding carboxylic acids is 2. The van der Waals surface area contributed by atoms with Gasteiger partial charge in [-0.05, 0) is 57.8 Å². The first kappa shape index (κ1) is 58.1. The van der Waals surface area contributed by atoms with E-state index in [0.717, 1.165) is 51.4 Å². The molecule has 0 aliphatic carbocycles. The van der Waals surface area contributed by atoms with Gasteiger partial charge in [0, 0.05) is 12.8 Å². The second-order valence-corrected chi connectivity index (χ2v) is 17.9. The topological polar surface area (TPSA) is 95.9 Å². The summed E-state index contributed by atoms with van der Waals surface area (Å²) in [5.41, 5.74) is 0. The maximum absolute atomic E-state index is 12.4. The molecule has 0 fully saturated rings. The van der Waals surface area contributed by atoms with Gasteiger partial charge in [-0.2, -0.15) is 0 Å². The van der Waals surface area contributed by atoms with Crippen molar-refractivity contribution in [3.63, 3.8) is 0 Å². The number of allylic oxidation sites excluding steroid dienone is 5. The number of nitrogens with one attached hydrogen (secondary N) is 1. The average Bonchev–Trinajstić information content (AvgIpc) is 3.25. The quantitative estimate of drug-likeness (QED) is 0.0322. The highest BCUT2D eigenvalue weighted by atomic mass is 16.5. The largest absolute Gasteiger partial charge is 0.466 e. The molecule has 60 heavy (non-hydrogen) atoms. The van der Waals surface area contributed by atoms with Crippen molar-refractivity contribution < 1.29 is 24.5 Å². The molecule has 6 heteroatoms. The van der Waals surface area contributed by atoms with E-state index in [1.807, 2.05) is 6.08 Å². The Kier molecular flexibility index (Phi) is 48.1. The van der Waals surface area contributed by atoms with E-state index < -0.39 is 12.1 Å². The Balaban J connectivity index is 3.40. The summed E-state index contributed by atoms with van der Waals surface area (Å²) >= 11 is 0. The van der Waals surface area contributed by atoms with Gasteiger partial charge < -0.3 is 20.3 Å². The zero-order chi connectivity index (χ0) is 43.7. The Hall–Kier alpha value is -1.92. The molecule has 0 aromatic carbocycles. The van der Waals surface area contributed by atoms with Crippen molar-refractivity contribution in [1.82, 2.24) is 5.32 Å². The average molecular weight is 844 g/mol. The minimum Gasteiger partial charge on any atom is -0.466 e. The number of rotatable bonds is 48. The van der Waals surface area contributed by atoms with Crippen molar-refractivity contribution in [2.24, 2.45) is 0 Å². The highest BCUT2D eigenvalue weighted by molar-refractivity contribution is 5.76. The van der Waals surface area contributed by atoms with E-state index in [-0.39, 0.29) is 18.5 Å². The molecule has 0 aromatic heterocycles. The third-order valence-corrected chi connectivity index (χ3v) is 11.9. The molecular weight excluding hydrogens is 743 g/mol. The summed E-state index contributed by atoms with van der Waals surface area (Å²) in [5, 5.41) is 22.9.